The molecule has 2 N–H and O–H groups in total. The highest BCUT2D eigenvalue weighted by molar-refractivity contribution is 5.80. The highest BCUT2D eigenvalue weighted by atomic mass is 19.4. The molecule has 180 valence electrons. The number of nitrogens with zero attached hydrogens (tertiary/aromatic N) is 2. The molecule has 0 bridgehead atoms. The van der Waals surface area contributed by atoms with Gasteiger partial charge in [0.1, 0.15) is 5.75 Å². The van der Waals surface area contributed by atoms with Gasteiger partial charge in [-0.2, -0.15) is 18.3 Å². The normalized spacial score (nSPS) is 17.7. The molecule has 2 aliphatic rings. The summed E-state index contributed by atoms with van der Waals surface area (Å²) in [5.41, 5.74) is 3.99. The number of H-pyrrole nitrogens is 1. The second kappa shape index (κ2) is 9.36. The molecule has 33 heavy (non-hydrogen) atoms. The maximum absolute atomic E-state index is 13.1. The van der Waals surface area contributed by atoms with Crippen LogP contribution in [0.25, 0.3) is 11.3 Å². The van der Waals surface area contributed by atoms with Gasteiger partial charge >= 0.3 is 12.1 Å². The van der Waals surface area contributed by atoms with Gasteiger partial charge in [0.25, 0.3) is 0 Å². The Hall–Kier alpha value is -3.18. The van der Waals surface area contributed by atoms with E-state index < -0.39 is 24.0 Å². The molecule has 7 nitrogen and oxygen atoms in total. The number of carboxylic acids is 1. The summed E-state index contributed by atoms with van der Waals surface area (Å²) in [6.45, 7) is 1.08. The number of aromatic nitrogens is 2. The van der Waals surface area contributed by atoms with Crippen LogP contribution in [0.2, 0.25) is 0 Å². The van der Waals surface area contributed by atoms with Crippen molar-refractivity contribution in [2.75, 3.05) is 20.2 Å². The molecule has 1 aromatic carbocycles. The molecule has 1 amide bonds. The Morgan fingerprint density at radius 1 is 1.15 bits per heavy atom. The third-order valence-corrected chi connectivity index (χ3v) is 5.57. The highest BCUT2D eigenvalue weighted by Crippen LogP contribution is 2.43. The number of rotatable bonds is 3. The van der Waals surface area contributed by atoms with Crippen molar-refractivity contribution in [3.63, 3.8) is 0 Å². The van der Waals surface area contributed by atoms with Gasteiger partial charge in [0, 0.05) is 55.1 Å². The molecule has 2 heterocycles. The van der Waals surface area contributed by atoms with E-state index in [1.54, 1.807) is 12.0 Å². The number of nitrogens with one attached hydrogen (secondary N) is 1. The third-order valence-electron chi connectivity index (χ3n) is 5.57. The van der Waals surface area contributed by atoms with E-state index in [1.807, 2.05) is 24.3 Å². The molecule has 2 aromatic rings. The zero-order chi connectivity index (χ0) is 24.4. The first-order valence-electron chi connectivity index (χ1n) is 10.1. The fourth-order valence-electron chi connectivity index (χ4n) is 3.78. The Balaban J connectivity index is 0.000000383. The molecule has 0 unspecified atom stereocenters. The van der Waals surface area contributed by atoms with Crippen LogP contribution < -0.4 is 4.74 Å². The summed E-state index contributed by atoms with van der Waals surface area (Å²) < 4.78 is 63.0. The van der Waals surface area contributed by atoms with Crippen LogP contribution in [-0.4, -0.2) is 64.4 Å². The number of hydrogen-bond donors (Lipinski definition) is 2. The van der Waals surface area contributed by atoms with Crippen LogP contribution in [0.15, 0.2) is 24.3 Å². The maximum Gasteiger partial charge on any atom is 0.490 e. The number of aliphatic carboxylic acids is 1. The lowest BCUT2D eigenvalue weighted by molar-refractivity contribution is -0.192. The zero-order valence-corrected chi connectivity index (χ0v) is 17.6. The Bertz CT molecular complexity index is 996. The minimum Gasteiger partial charge on any atom is -0.497 e. The molecular weight excluding hydrogens is 453 g/mol. The van der Waals surface area contributed by atoms with Crippen molar-refractivity contribution in [2.45, 2.75) is 37.8 Å². The summed E-state index contributed by atoms with van der Waals surface area (Å²) in [6.07, 6.45) is -4.38. The van der Waals surface area contributed by atoms with Gasteiger partial charge in [-0.15, -0.1) is 0 Å². The molecule has 1 fully saturated rings. The van der Waals surface area contributed by atoms with Gasteiger partial charge in [-0.25, -0.2) is 13.6 Å². The number of fused-ring (bicyclic) bond motifs is 1. The molecular formula is C21H22F5N3O4. The van der Waals surface area contributed by atoms with E-state index in [0.29, 0.717) is 25.9 Å². The smallest absolute Gasteiger partial charge is 0.490 e. The van der Waals surface area contributed by atoms with Gasteiger partial charge < -0.3 is 14.7 Å². The summed E-state index contributed by atoms with van der Waals surface area (Å²) in [6, 6.07) is 7.69. The van der Waals surface area contributed by atoms with Crippen molar-refractivity contribution in [3.05, 3.63) is 35.5 Å². The predicted molar refractivity (Wildman–Crippen MR) is 106 cm³/mol. The molecule has 0 spiro atoms. The fraction of sp³-hybridized carbons (Fsp3) is 0.476. The number of hydrogen-bond acceptors (Lipinski definition) is 4. The quantitative estimate of drug-likeness (QED) is 0.661. The van der Waals surface area contributed by atoms with E-state index in [9.17, 15) is 26.7 Å². The Labute approximate surface area is 185 Å². The minimum absolute atomic E-state index is 0.139. The second-order valence-electron chi connectivity index (χ2n) is 7.85. The van der Waals surface area contributed by atoms with E-state index in [2.05, 4.69) is 10.2 Å². The lowest BCUT2D eigenvalue weighted by Crippen LogP contribution is -2.47. The van der Waals surface area contributed by atoms with Gasteiger partial charge in [0.15, 0.2) is 0 Å². The van der Waals surface area contributed by atoms with Gasteiger partial charge in [-0.05, 0) is 30.7 Å². The van der Waals surface area contributed by atoms with E-state index in [0.717, 1.165) is 28.3 Å². The number of methoxy groups -OCH3 is 1. The van der Waals surface area contributed by atoms with Crippen LogP contribution in [-0.2, 0) is 22.4 Å². The third kappa shape index (κ3) is 5.79. The largest absolute Gasteiger partial charge is 0.497 e. The zero-order valence-electron chi connectivity index (χ0n) is 17.6. The van der Waals surface area contributed by atoms with Gasteiger partial charge in [0.05, 0.1) is 12.8 Å². The summed E-state index contributed by atoms with van der Waals surface area (Å²) in [5, 5.41) is 14.7. The Morgan fingerprint density at radius 2 is 1.73 bits per heavy atom. The number of aromatic amines is 1. The van der Waals surface area contributed by atoms with E-state index >= 15 is 0 Å². The lowest BCUT2D eigenvalue weighted by atomic mass is 9.80. The number of alkyl halides is 5. The van der Waals surface area contributed by atoms with Crippen molar-refractivity contribution in [1.29, 1.82) is 0 Å². The van der Waals surface area contributed by atoms with Crippen LogP contribution >= 0.6 is 0 Å². The fourth-order valence-corrected chi connectivity index (χ4v) is 3.78. The van der Waals surface area contributed by atoms with Gasteiger partial charge in [0.2, 0.25) is 11.8 Å². The Kier molecular flexibility index (Phi) is 6.94. The average Bonchev–Trinajstić information content (AvgIpc) is 3.02. The standard InChI is InChI=1S/C19H21F2N3O2.C2HF3O2/c1-26-14-4-2-12(3-5-14)17-15-6-8-24(9-7-16(15)22-23-17)18(25)13-10-19(20,21)11-13;3-2(4,5)1(6)7/h2-5,13H,6-11H2,1H3,(H,22,23);(H,6,7). The first-order valence-corrected chi connectivity index (χ1v) is 10.1. The van der Waals surface area contributed by atoms with Crippen molar-refractivity contribution < 1.29 is 41.4 Å². The number of carboxylic acid groups (broad SMARTS) is 1. The number of carbonyl (C=O) groups is 2. The molecule has 1 aromatic heterocycles. The van der Waals surface area contributed by atoms with Crippen molar-refractivity contribution in [3.8, 4) is 17.0 Å². The summed E-state index contributed by atoms with van der Waals surface area (Å²) in [5.74, 6) is -5.31. The maximum atomic E-state index is 13.1. The molecule has 1 saturated carbocycles. The topological polar surface area (TPSA) is 95.5 Å². The SMILES string of the molecule is COc1ccc(-c2n[nH]c3c2CCN(C(=O)C2CC(F)(F)C2)CC3)cc1.O=C(O)C(F)(F)F. The van der Waals surface area contributed by atoms with Crippen LogP contribution in [0.3, 0.4) is 0 Å². The van der Waals surface area contributed by atoms with E-state index in [4.69, 9.17) is 14.6 Å². The summed E-state index contributed by atoms with van der Waals surface area (Å²) in [7, 11) is 1.62. The molecule has 0 atom stereocenters. The van der Waals surface area contributed by atoms with E-state index in [1.165, 1.54) is 0 Å². The number of benzene rings is 1. The monoisotopic (exact) mass is 475 g/mol. The number of ether oxygens (including phenoxy) is 1. The second-order valence-corrected chi connectivity index (χ2v) is 7.85. The van der Waals surface area contributed by atoms with Crippen LogP contribution in [0.4, 0.5) is 22.0 Å². The summed E-state index contributed by atoms with van der Waals surface area (Å²) >= 11 is 0. The average molecular weight is 475 g/mol. The van der Waals surface area contributed by atoms with Crippen LogP contribution in [0.1, 0.15) is 24.1 Å². The Morgan fingerprint density at radius 3 is 2.24 bits per heavy atom. The number of halogens is 5. The molecule has 1 aliphatic carbocycles. The van der Waals surface area contributed by atoms with Crippen LogP contribution in [0, 0.1) is 5.92 Å². The van der Waals surface area contributed by atoms with Crippen molar-refractivity contribution >= 4 is 11.9 Å². The number of carbonyl (C=O) groups excluding carboxylic acids is 1. The van der Waals surface area contributed by atoms with E-state index in [-0.39, 0.29) is 18.7 Å². The summed E-state index contributed by atoms with van der Waals surface area (Å²) in [4.78, 5) is 23.1. The first-order chi connectivity index (χ1) is 15.4. The minimum atomic E-state index is -5.08. The molecule has 1 aliphatic heterocycles. The molecule has 4 rings (SSSR count). The van der Waals surface area contributed by atoms with Gasteiger partial charge in [-0.1, -0.05) is 0 Å². The predicted octanol–water partition coefficient (Wildman–Crippen LogP) is 3.69. The molecule has 12 heteroatoms. The first kappa shape index (κ1) is 24.5. The van der Waals surface area contributed by atoms with Gasteiger partial charge in [-0.3, -0.25) is 9.89 Å². The molecule has 0 saturated heterocycles. The van der Waals surface area contributed by atoms with Crippen molar-refractivity contribution in [1.82, 2.24) is 15.1 Å². The highest BCUT2D eigenvalue weighted by Gasteiger charge is 2.49. The van der Waals surface area contributed by atoms with Crippen LogP contribution in [0.5, 0.6) is 5.75 Å². The lowest BCUT2D eigenvalue weighted by Gasteiger charge is -2.37. The number of amides is 1. The van der Waals surface area contributed by atoms with Crippen molar-refractivity contribution in [2.24, 2.45) is 5.92 Å². The molecule has 0 radical (unpaired) electrons.